The number of hydrogen-bond acceptors (Lipinski definition) is 5. The van der Waals surface area contributed by atoms with Gasteiger partial charge in [0.25, 0.3) is 5.91 Å². The van der Waals surface area contributed by atoms with Gasteiger partial charge in [0, 0.05) is 31.8 Å². The SMILES string of the molecule is CN(C(=O)c1ccc(S(=O)(=O)NCC2CCCO2)cc1)C1CCNCC1.Cl. The van der Waals surface area contributed by atoms with Crippen molar-refractivity contribution >= 4 is 28.3 Å². The van der Waals surface area contributed by atoms with Crippen molar-refractivity contribution in [1.29, 1.82) is 0 Å². The van der Waals surface area contributed by atoms with Crippen molar-refractivity contribution in [3.63, 3.8) is 0 Å². The summed E-state index contributed by atoms with van der Waals surface area (Å²) < 4.78 is 32.8. The lowest BCUT2D eigenvalue weighted by atomic mass is 10.0. The van der Waals surface area contributed by atoms with Gasteiger partial charge in [-0.05, 0) is 63.0 Å². The zero-order chi connectivity index (χ0) is 18.6. The van der Waals surface area contributed by atoms with Crippen molar-refractivity contribution in [2.45, 2.75) is 42.7 Å². The molecule has 1 atom stereocenters. The number of amides is 1. The molecule has 3 rings (SSSR count). The molecule has 0 aliphatic carbocycles. The van der Waals surface area contributed by atoms with E-state index in [9.17, 15) is 13.2 Å². The molecule has 152 valence electrons. The standard InChI is InChI=1S/C18H27N3O4S.ClH/c1-21(15-8-10-19-11-9-15)18(22)14-4-6-17(7-5-14)26(23,24)20-13-16-3-2-12-25-16;/h4-7,15-16,19-20H,2-3,8-13H2,1H3;1H. The Bertz CT molecular complexity index is 715. The average Bonchev–Trinajstić information content (AvgIpc) is 3.20. The number of benzene rings is 1. The molecule has 2 heterocycles. The van der Waals surface area contributed by atoms with Crippen LogP contribution in [0.4, 0.5) is 0 Å². The monoisotopic (exact) mass is 417 g/mol. The summed E-state index contributed by atoms with van der Waals surface area (Å²) in [6.07, 6.45) is 3.65. The van der Waals surface area contributed by atoms with Gasteiger partial charge >= 0.3 is 0 Å². The third-order valence-corrected chi connectivity index (χ3v) is 6.55. The van der Waals surface area contributed by atoms with Crippen molar-refractivity contribution in [3.05, 3.63) is 29.8 Å². The third-order valence-electron chi connectivity index (χ3n) is 5.11. The molecule has 0 radical (unpaired) electrons. The lowest BCUT2D eigenvalue weighted by Gasteiger charge is -2.31. The van der Waals surface area contributed by atoms with Crippen molar-refractivity contribution in [2.75, 3.05) is 33.3 Å². The first-order valence-electron chi connectivity index (χ1n) is 9.16. The van der Waals surface area contributed by atoms with Gasteiger partial charge in [0.05, 0.1) is 11.0 Å². The molecule has 2 aliphatic rings. The molecule has 0 bridgehead atoms. The Labute approximate surface area is 167 Å². The quantitative estimate of drug-likeness (QED) is 0.730. The summed E-state index contributed by atoms with van der Waals surface area (Å²) in [6.45, 7) is 2.79. The molecule has 2 saturated heterocycles. The maximum absolute atomic E-state index is 12.6. The Morgan fingerprint density at radius 2 is 1.89 bits per heavy atom. The molecule has 9 heteroatoms. The molecule has 27 heavy (non-hydrogen) atoms. The van der Waals surface area contributed by atoms with Gasteiger partial charge in [-0.15, -0.1) is 12.4 Å². The Hall–Kier alpha value is -1.19. The second-order valence-electron chi connectivity index (χ2n) is 6.91. The first kappa shape index (κ1) is 22.1. The van der Waals surface area contributed by atoms with Gasteiger partial charge in [0.1, 0.15) is 0 Å². The highest BCUT2D eigenvalue weighted by molar-refractivity contribution is 7.89. The van der Waals surface area contributed by atoms with E-state index >= 15 is 0 Å². The first-order chi connectivity index (χ1) is 12.5. The fraction of sp³-hybridized carbons (Fsp3) is 0.611. The summed E-state index contributed by atoms with van der Waals surface area (Å²) in [5.41, 5.74) is 0.504. The minimum Gasteiger partial charge on any atom is -0.377 e. The topological polar surface area (TPSA) is 87.7 Å². The highest BCUT2D eigenvalue weighted by Gasteiger charge is 2.24. The summed E-state index contributed by atoms with van der Waals surface area (Å²) in [4.78, 5) is 14.6. The molecule has 2 N–H and O–H groups in total. The van der Waals surface area contributed by atoms with Crippen LogP contribution in [0.3, 0.4) is 0 Å². The second-order valence-corrected chi connectivity index (χ2v) is 8.68. The number of ether oxygens (including phenoxy) is 1. The summed E-state index contributed by atoms with van der Waals surface area (Å²) in [6, 6.07) is 6.37. The number of nitrogens with zero attached hydrogens (tertiary/aromatic N) is 1. The fourth-order valence-corrected chi connectivity index (χ4v) is 4.50. The summed E-state index contributed by atoms with van der Waals surface area (Å²) >= 11 is 0. The van der Waals surface area contributed by atoms with Crippen LogP contribution in [0.2, 0.25) is 0 Å². The van der Waals surface area contributed by atoms with Crippen LogP contribution in [-0.2, 0) is 14.8 Å². The van der Waals surface area contributed by atoms with Crippen molar-refractivity contribution in [2.24, 2.45) is 0 Å². The summed E-state index contributed by atoms with van der Waals surface area (Å²) in [5, 5.41) is 3.28. The maximum Gasteiger partial charge on any atom is 0.253 e. The molecule has 7 nitrogen and oxygen atoms in total. The number of rotatable bonds is 6. The van der Waals surface area contributed by atoms with Gasteiger partial charge in [-0.3, -0.25) is 4.79 Å². The van der Waals surface area contributed by atoms with Crippen LogP contribution in [0, 0.1) is 0 Å². The lowest BCUT2D eigenvalue weighted by molar-refractivity contribution is 0.0703. The number of halogens is 1. The Kier molecular flexibility index (Phi) is 8.05. The van der Waals surface area contributed by atoms with E-state index in [0.717, 1.165) is 38.8 Å². The van der Waals surface area contributed by atoms with Crippen LogP contribution < -0.4 is 10.0 Å². The van der Waals surface area contributed by atoms with Crippen LogP contribution in [0.15, 0.2) is 29.2 Å². The highest BCUT2D eigenvalue weighted by atomic mass is 35.5. The van der Waals surface area contributed by atoms with Gasteiger partial charge in [-0.2, -0.15) is 0 Å². The molecule has 1 unspecified atom stereocenters. The van der Waals surface area contributed by atoms with Gasteiger partial charge < -0.3 is 15.0 Å². The maximum atomic E-state index is 12.6. The average molecular weight is 418 g/mol. The smallest absolute Gasteiger partial charge is 0.253 e. The second kappa shape index (κ2) is 9.84. The van der Waals surface area contributed by atoms with Gasteiger partial charge in [-0.25, -0.2) is 13.1 Å². The third kappa shape index (κ3) is 5.65. The Morgan fingerprint density at radius 1 is 1.22 bits per heavy atom. The lowest BCUT2D eigenvalue weighted by Crippen LogP contribution is -2.43. The van der Waals surface area contributed by atoms with E-state index < -0.39 is 10.0 Å². The van der Waals surface area contributed by atoms with E-state index in [-0.39, 0.29) is 41.9 Å². The number of sulfonamides is 1. The number of piperidine rings is 1. The van der Waals surface area contributed by atoms with Crippen molar-refractivity contribution < 1.29 is 17.9 Å². The van der Waals surface area contributed by atoms with E-state index in [0.29, 0.717) is 12.2 Å². The summed E-state index contributed by atoms with van der Waals surface area (Å²) in [5.74, 6) is -0.0758. The molecule has 1 aromatic rings. The predicted molar refractivity (Wildman–Crippen MR) is 106 cm³/mol. The fourth-order valence-electron chi connectivity index (χ4n) is 3.43. The van der Waals surface area contributed by atoms with E-state index in [1.807, 2.05) is 7.05 Å². The molecule has 0 aromatic heterocycles. The number of nitrogens with one attached hydrogen (secondary N) is 2. The highest BCUT2D eigenvalue weighted by Crippen LogP contribution is 2.17. The molecule has 2 aliphatic heterocycles. The first-order valence-corrected chi connectivity index (χ1v) is 10.6. The molecular weight excluding hydrogens is 390 g/mol. The van der Waals surface area contributed by atoms with Crippen molar-refractivity contribution in [1.82, 2.24) is 14.9 Å². The van der Waals surface area contributed by atoms with Gasteiger partial charge in [-0.1, -0.05) is 0 Å². The zero-order valence-corrected chi connectivity index (χ0v) is 17.2. The molecule has 1 aromatic carbocycles. The van der Waals surface area contributed by atoms with E-state index in [4.69, 9.17) is 4.74 Å². The molecular formula is C18H28ClN3O4S. The number of hydrogen-bond donors (Lipinski definition) is 2. The molecule has 2 fully saturated rings. The Morgan fingerprint density at radius 3 is 2.48 bits per heavy atom. The normalized spacial score (nSPS) is 20.9. The minimum absolute atomic E-state index is 0. The van der Waals surface area contributed by atoms with E-state index in [1.165, 1.54) is 12.1 Å². The number of carbonyl (C=O) groups excluding carboxylic acids is 1. The van der Waals surface area contributed by atoms with Crippen LogP contribution in [0.1, 0.15) is 36.0 Å². The Balaban J connectivity index is 0.00000261. The largest absolute Gasteiger partial charge is 0.377 e. The molecule has 1 amide bonds. The van der Waals surface area contributed by atoms with Gasteiger partial charge in [0.2, 0.25) is 10.0 Å². The number of carbonyl (C=O) groups is 1. The van der Waals surface area contributed by atoms with Crippen molar-refractivity contribution in [3.8, 4) is 0 Å². The van der Waals surface area contributed by atoms with Crippen LogP contribution >= 0.6 is 12.4 Å². The van der Waals surface area contributed by atoms with Gasteiger partial charge in [0.15, 0.2) is 0 Å². The molecule has 0 saturated carbocycles. The zero-order valence-electron chi connectivity index (χ0n) is 15.5. The van der Waals surface area contributed by atoms with E-state index in [1.54, 1.807) is 17.0 Å². The predicted octanol–water partition coefficient (Wildman–Crippen LogP) is 1.39. The van der Waals surface area contributed by atoms with Crippen LogP contribution in [-0.4, -0.2) is 64.7 Å². The van der Waals surface area contributed by atoms with Crippen LogP contribution in [0.5, 0.6) is 0 Å². The minimum atomic E-state index is -3.59. The van der Waals surface area contributed by atoms with Crippen LogP contribution in [0.25, 0.3) is 0 Å². The van der Waals surface area contributed by atoms with E-state index in [2.05, 4.69) is 10.0 Å². The summed E-state index contributed by atoms with van der Waals surface area (Å²) in [7, 11) is -1.78. The molecule has 0 spiro atoms.